The molecule has 2 aromatic carbocycles. The van der Waals surface area contributed by atoms with Gasteiger partial charge in [0, 0.05) is 17.8 Å². The Hall–Kier alpha value is -3.23. The van der Waals surface area contributed by atoms with Crippen molar-refractivity contribution in [3.63, 3.8) is 0 Å². The standard InChI is InChI=1S/C21H21ClN4O4/c1-3-12-30-21(28)14-4-8-16(9-5-14)23-20(27)19-18(13-29-2)26(25-24-19)17-10-6-15(22)7-11-17/h4-11H,3,12-13H2,1-2H3,(H,23,27). The van der Waals surface area contributed by atoms with Crippen molar-refractivity contribution in [1.82, 2.24) is 15.0 Å². The minimum absolute atomic E-state index is 0.137. The molecule has 0 spiro atoms. The first-order valence-corrected chi connectivity index (χ1v) is 9.69. The van der Waals surface area contributed by atoms with E-state index < -0.39 is 11.9 Å². The number of benzene rings is 2. The maximum Gasteiger partial charge on any atom is 0.338 e. The molecule has 0 bridgehead atoms. The molecule has 1 heterocycles. The Balaban J connectivity index is 1.78. The van der Waals surface area contributed by atoms with Crippen LogP contribution < -0.4 is 5.32 Å². The van der Waals surface area contributed by atoms with Gasteiger partial charge in [0.1, 0.15) is 5.69 Å². The third kappa shape index (κ3) is 5.03. The summed E-state index contributed by atoms with van der Waals surface area (Å²) in [6, 6.07) is 13.4. The van der Waals surface area contributed by atoms with Crippen molar-refractivity contribution in [3.8, 4) is 5.69 Å². The Morgan fingerprint density at radius 2 is 1.80 bits per heavy atom. The van der Waals surface area contributed by atoms with Gasteiger partial charge in [-0.3, -0.25) is 4.79 Å². The van der Waals surface area contributed by atoms with Gasteiger partial charge in [-0.2, -0.15) is 0 Å². The minimum Gasteiger partial charge on any atom is -0.462 e. The lowest BCUT2D eigenvalue weighted by molar-refractivity contribution is 0.0505. The molecule has 30 heavy (non-hydrogen) atoms. The quantitative estimate of drug-likeness (QED) is 0.547. The number of ether oxygens (including phenoxy) is 2. The lowest BCUT2D eigenvalue weighted by Crippen LogP contribution is -2.16. The van der Waals surface area contributed by atoms with Gasteiger partial charge in [-0.25, -0.2) is 9.48 Å². The van der Waals surface area contributed by atoms with Gasteiger partial charge in [-0.15, -0.1) is 5.10 Å². The number of esters is 1. The van der Waals surface area contributed by atoms with E-state index in [4.69, 9.17) is 21.1 Å². The molecule has 0 radical (unpaired) electrons. The van der Waals surface area contributed by atoms with Crippen LogP contribution in [0.25, 0.3) is 5.69 Å². The monoisotopic (exact) mass is 428 g/mol. The Morgan fingerprint density at radius 1 is 1.10 bits per heavy atom. The van der Waals surface area contributed by atoms with E-state index in [2.05, 4.69) is 15.6 Å². The number of nitrogens with zero attached hydrogens (tertiary/aromatic N) is 3. The van der Waals surface area contributed by atoms with E-state index in [9.17, 15) is 9.59 Å². The number of amides is 1. The first kappa shape index (κ1) is 21.5. The van der Waals surface area contributed by atoms with E-state index >= 15 is 0 Å². The van der Waals surface area contributed by atoms with Gasteiger partial charge in [0.25, 0.3) is 5.91 Å². The second kappa shape index (κ2) is 10.00. The highest BCUT2D eigenvalue weighted by Crippen LogP contribution is 2.18. The number of carbonyl (C=O) groups excluding carboxylic acids is 2. The van der Waals surface area contributed by atoms with Crippen molar-refractivity contribution >= 4 is 29.2 Å². The Morgan fingerprint density at radius 3 is 2.43 bits per heavy atom. The predicted octanol–water partition coefficient (Wildman–Crippen LogP) is 3.89. The van der Waals surface area contributed by atoms with E-state index in [1.807, 2.05) is 6.92 Å². The van der Waals surface area contributed by atoms with Gasteiger partial charge in [-0.05, 0) is 55.0 Å². The molecule has 0 fully saturated rings. The summed E-state index contributed by atoms with van der Waals surface area (Å²) in [7, 11) is 1.53. The second-order valence-corrected chi connectivity index (χ2v) is 6.81. The van der Waals surface area contributed by atoms with Gasteiger partial charge in [-0.1, -0.05) is 23.7 Å². The number of methoxy groups -OCH3 is 1. The van der Waals surface area contributed by atoms with E-state index in [0.717, 1.165) is 6.42 Å². The van der Waals surface area contributed by atoms with Crippen molar-refractivity contribution < 1.29 is 19.1 Å². The van der Waals surface area contributed by atoms with Gasteiger partial charge in [0.2, 0.25) is 0 Å². The molecular formula is C21H21ClN4O4. The van der Waals surface area contributed by atoms with Crippen molar-refractivity contribution in [3.05, 3.63) is 70.5 Å². The second-order valence-electron chi connectivity index (χ2n) is 6.37. The highest BCUT2D eigenvalue weighted by atomic mass is 35.5. The number of halogens is 1. The van der Waals surface area contributed by atoms with Gasteiger partial charge in [0.15, 0.2) is 5.69 Å². The van der Waals surface area contributed by atoms with E-state index in [1.54, 1.807) is 48.5 Å². The molecule has 1 N–H and O–H groups in total. The highest BCUT2D eigenvalue weighted by molar-refractivity contribution is 6.30. The SMILES string of the molecule is CCCOC(=O)c1ccc(NC(=O)c2nnn(-c3ccc(Cl)cc3)c2COC)cc1. The zero-order valence-electron chi connectivity index (χ0n) is 16.6. The average Bonchev–Trinajstić information content (AvgIpc) is 3.17. The average molecular weight is 429 g/mol. The zero-order valence-corrected chi connectivity index (χ0v) is 17.3. The molecule has 3 rings (SSSR count). The summed E-state index contributed by atoms with van der Waals surface area (Å²) in [6.07, 6.45) is 0.750. The van der Waals surface area contributed by atoms with Crippen LogP contribution >= 0.6 is 11.6 Å². The predicted molar refractivity (Wildman–Crippen MR) is 112 cm³/mol. The van der Waals surface area contributed by atoms with E-state index in [1.165, 1.54) is 11.8 Å². The lowest BCUT2D eigenvalue weighted by atomic mass is 10.2. The van der Waals surface area contributed by atoms with Crippen molar-refractivity contribution in [2.24, 2.45) is 0 Å². The lowest BCUT2D eigenvalue weighted by Gasteiger charge is -2.08. The maximum atomic E-state index is 12.8. The molecule has 0 unspecified atom stereocenters. The largest absolute Gasteiger partial charge is 0.462 e. The summed E-state index contributed by atoms with van der Waals surface area (Å²) < 4.78 is 11.9. The fourth-order valence-corrected chi connectivity index (χ4v) is 2.82. The van der Waals surface area contributed by atoms with Crippen LogP contribution in [0.5, 0.6) is 0 Å². The maximum absolute atomic E-state index is 12.8. The fraction of sp³-hybridized carbons (Fsp3) is 0.238. The number of hydrogen-bond donors (Lipinski definition) is 1. The molecule has 1 amide bonds. The molecule has 0 aliphatic carbocycles. The van der Waals surface area contributed by atoms with E-state index in [0.29, 0.717) is 34.3 Å². The Kier molecular flexibility index (Phi) is 7.16. The van der Waals surface area contributed by atoms with Crippen LogP contribution in [0.3, 0.4) is 0 Å². The fourth-order valence-electron chi connectivity index (χ4n) is 2.69. The van der Waals surface area contributed by atoms with Crippen LogP contribution in [0.15, 0.2) is 48.5 Å². The molecule has 8 nitrogen and oxygen atoms in total. The highest BCUT2D eigenvalue weighted by Gasteiger charge is 2.21. The Bertz CT molecular complexity index is 1020. The molecule has 156 valence electrons. The third-order valence-corrected chi connectivity index (χ3v) is 4.40. The third-order valence-electron chi connectivity index (χ3n) is 4.15. The molecule has 9 heteroatoms. The summed E-state index contributed by atoms with van der Waals surface area (Å²) in [6.45, 7) is 2.43. The van der Waals surface area contributed by atoms with Gasteiger partial charge >= 0.3 is 5.97 Å². The zero-order chi connectivity index (χ0) is 21.5. The van der Waals surface area contributed by atoms with Gasteiger partial charge < -0.3 is 14.8 Å². The van der Waals surface area contributed by atoms with Crippen molar-refractivity contribution in [2.75, 3.05) is 19.0 Å². The number of aromatic nitrogens is 3. The first-order chi connectivity index (χ1) is 14.5. The van der Waals surface area contributed by atoms with Crippen LogP contribution in [0.1, 0.15) is 39.9 Å². The molecule has 0 saturated carbocycles. The molecule has 0 saturated heterocycles. The summed E-state index contributed by atoms with van der Waals surface area (Å²) in [5.74, 6) is -0.841. The number of hydrogen-bond acceptors (Lipinski definition) is 6. The van der Waals surface area contributed by atoms with Crippen LogP contribution in [-0.4, -0.2) is 40.6 Å². The number of nitrogens with one attached hydrogen (secondary N) is 1. The summed E-state index contributed by atoms with van der Waals surface area (Å²) in [5.41, 5.74) is 2.26. The molecular weight excluding hydrogens is 408 g/mol. The first-order valence-electron chi connectivity index (χ1n) is 9.31. The molecule has 0 aliphatic rings. The van der Waals surface area contributed by atoms with Gasteiger partial charge in [0.05, 0.1) is 24.5 Å². The van der Waals surface area contributed by atoms with E-state index in [-0.39, 0.29) is 12.3 Å². The smallest absolute Gasteiger partial charge is 0.338 e. The van der Waals surface area contributed by atoms with Crippen LogP contribution in [0.2, 0.25) is 5.02 Å². The van der Waals surface area contributed by atoms with Crippen molar-refractivity contribution in [1.29, 1.82) is 0 Å². The Labute approximate surface area is 178 Å². The summed E-state index contributed by atoms with van der Waals surface area (Å²) in [5, 5.41) is 11.5. The molecule has 1 aromatic heterocycles. The van der Waals surface area contributed by atoms with Crippen LogP contribution in [-0.2, 0) is 16.1 Å². The van der Waals surface area contributed by atoms with Crippen molar-refractivity contribution in [2.45, 2.75) is 20.0 Å². The number of rotatable bonds is 8. The molecule has 0 atom stereocenters. The van der Waals surface area contributed by atoms with Crippen LogP contribution in [0, 0.1) is 0 Å². The summed E-state index contributed by atoms with van der Waals surface area (Å²) in [4.78, 5) is 24.7. The topological polar surface area (TPSA) is 95.3 Å². The minimum atomic E-state index is -0.441. The molecule has 0 aliphatic heterocycles. The number of carbonyl (C=O) groups is 2. The van der Waals surface area contributed by atoms with Crippen LogP contribution in [0.4, 0.5) is 5.69 Å². The number of anilines is 1. The normalized spacial score (nSPS) is 10.6. The molecule has 3 aromatic rings. The summed E-state index contributed by atoms with van der Waals surface area (Å²) >= 11 is 5.94.